The van der Waals surface area contributed by atoms with Crippen LogP contribution in [0.5, 0.6) is 0 Å². The Morgan fingerprint density at radius 3 is 2.57 bits per heavy atom. The molecule has 1 fully saturated rings. The maximum absolute atomic E-state index is 3.20. The largest absolute Gasteiger partial charge is 0.320 e. The minimum Gasteiger partial charge on any atom is -0.320 e. The minimum absolute atomic E-state index is 1.05. The number of nitrogens with zero attached hydrogens (tertiary/aromatic N) is 1. The summed E-state index contributed by atoms with van der Waals surface area (Å²) in [6.45, 7) is 7.38. The van der Waals surface area contributed by atoms with Crippen molar-refractivity contribution in [3.05, 3.63) is 0 Å². The normalized spacial score (nSPS) is 16.5. The van der Waals surface area contributed by atoms with E-state index in [9.17, 15) is 0 Å². The third-order valence-electron chi connectivity index (χ3n) is 3.06. The van der Waals surface area contributed by atoms with E-state index < -0.39 is 0 Å². The van der Waals surface area contributed by atoms with Crippen molar-refractivity contribution >= 4 is 0 Å². The number of nitrogens with one attached hydrogen (secondary N) is 1. The quantitative estimate of drug-likeness (QED) is 0.571. The highest BCUT2D eigenvalue weighted by Gasteiger charge is 2.23. The SMILES string of the molecule is CCN(CCCCCNC)CC1CC1. The van der Waals surface area contributed by atoms with Gasteiger partial charge in [0, 0.05) is 6.54 Å². The first-order chi connectivity index (χ1) is 6.86. The lowest BCUT2D eigenvalue weighted by atomic mass is 10.2. The maximum Gasteiger partial charge on any atom is 0.000954 e. The Hall–Kier alpha value is -0.0800. The summed E-state index contributed by atoms with van der Waals surface area (Å²) >= 11 is 0. The smallest absolute Gasteiger partial charge is 0.000954 e. The summed E-state index contributed by atoms with van der Waals surface area (Å²) < 4.78 is 0. The molecule has 0 saturated heterocycles. The van der Waals surface area contributed by atoms with Crippen LogP contribution in [0.1, 0.15) is 39.0 Å². The number of unbranched alkanes of at least 4 members (excludes halogenated alkanes) is 2. The number of rotatable bonds is 9. The first-order valence-electron chi connectivity index (χ1n) is 6.23. The van der Waals surface area contributed by atoms with Gasteiger partial charge in [-0.15, -0.1) is 0 Å². The molecule has 1 rings (SSSR count). The lowest BCUT2D eigenvalue weighted by Crippen LogP contribution is -2.26. The molecule has 14 heavy (non-hydrogen) atoms. The summed E-state index contributed by atoms with van der Waals surface area (Å²) in [6.07, 6.45) is 7.05. The van der Waals surface area contributed by atoms with Gasteiger partial charge in [-0.05, 0) is 58.3 Å². The predicted molar refractivity (Wildman–Crippen MR) is 62.6 cm³/mol. The highest BCUT2D eigenvalue weighted by atomic mass is 15.1. The summed E-state index contributed by atoms with van der Waals surface area (Å²) in [6, 6.07) is 0. The zero-order valence-corrected chi connectivity index (χ0v) is 9.89. The lowest BCUT2D eigenvalue weighted by molar-refractivity contribution is 0.270. The van der Waals surface area contributed by atoms with Gasteiger partial charge in [-0.25, -0.2) is 0 Å². The fraction of sp³-hybridized carbons (Fsp3) is 1.00. The lowest BCUT2D eigenvalue weighted by Gasteiger charge is -2.19. The standard InChI is InChI=1S/C12H26N2/c1-3-14(11-12-7-8-12)10-6-4-5-9-13-2/h12-13H,3-11H2,1-2H3. The van der Waals surface area contributed by atoms with E-state index in [0.29, 0.717) is 0 Å². The molecule has 0 aromatic rings. The van der Waals surface area contributed by atoms with E-state index in [-0.39, 0.29) is 0 Å². The summed E-state index contributed by atoms with van der Waals surface area (Å²) in [7, 11) is 2.03. The van der Waals surface area contributed by atoms with Crippen LogP contribution in [-0.2, 0) is 0 Å². The van der Waals surface area contributed by atoms with E-state index in [1.54, 1.807) is 0 Å². The molecule has 0 aliphatic heterocycles. The predicted octanol–water partition coefficient (Wildman–Crippen LogP) is 2.11. The van der Waals surface area contributed by atoms with E-state index in [1.807, 2.05) is 7.05 Å². The fourth-order valence-corrected chi connectivity index (χ4v) is 1.86. The second-order valence-corrected chi connectivity index (χ2v) is 4.50. The zero-order chi connectivity index (χ0) is 10.2. The Morgan fingerprint density at radius 2 is 2.00 bits per heavy atom. The van der Waals surface area contributed by atoms with Gasteiger partial charge in [0.1, 0.15) is 0 Å². The van der Waals surface area contributed by atoms with Gasteiger partial charge in [-0.1, -0.05) is 13.3 Å². The van der Waals surface area contributed by atoms with E-state index in [2.05, 4.69) is 17.1 Å². The second-order valence-electron chi connectivity index (χ2n) is 4.50. The molecule has 1 saturated carbocycles. The summed E-state index contributed by atoms with van der Waals surface area (Å²) in [5, 5.41) is 3.20. The van der Waals surface area contributed by atoms with Crippen LogP contribution in [0.3, 0.4) is 0 Å². The molecule has 0 unspecified atom stereocenters. The van der Waals surface area contributed by atoms with Gasteiger partial charge >= 0.3 is 0 Å². The van der Waals surface area contributed by atoms with E-state index in [4.69, 9.17) is 0 Å². The zero-order valence-electron chi connectivity index (χ0n) is 9.89. The molecular weight excluding hydrogens is 172 g/mol. The van der Waals surface area contributed by atoms with Crippen LogP contribution in [0.25, 0.3) is 0 Å². The van der Waals surface area contributed by atoms with Crippen LogP contribution in [0, 0.1) is 5.92 Å². The van der Waals surface area contributed by atoms with Crippen LogP contribution in [-0.4, -0.2) is 38.1 Å². The van der Waals surface area contributed by atoms with Gasteiger partial charge in [0.25, 0.3) is 0 Å². The first kappa shape index (κ1) is 12.0. The van der Waals surface area contributed by atoms with Crippen LogP contribution in [0.4, 0.5) is 0 Å². The molecule has 84 valence electrons. The molecule has 2 heteroatoms. The number of hydrogen-bond acceptors (Lipinski definition) is 2. The van der Waals surface area contributed by atoms with Gasteiger partial charge in [-0.2, -0.15) is 0 Å². The molecular formula is C12H26N2. The highest BCUT2D eigenvalue weighted by Crippen LogP contribution is 2.29. The molecule has 1 aliphatic carbocycles. The van der Waals surface area contributed by atoms with Crippen molar-refractivity contribution in [3.63, 3.8) is 0 Å². The molecule has 0 aromatic heterocycles. The third kappa shape index (κ3) is 5.61. The van der Waals surface area contributed by atoms with E-state index in [1.165, 1.54) is 58.3 Å². The molecule has 0 amide bonds. The highest BCUT2D eigenvalue weighted by molar-refractivity contribution is 4.76. The van der Waals surface area contributed by atoms with E-state index in [0.717, 1.165) is 5.92 Å². The third-order valence-corrected chi connectivity index (χ3v) is 3.06. The van der Waals surface area contributed by atoms with Gasteiger partial charge in [-0.3, -0.25) is 0 Å². The van der Waals surface area contributed by atoms with Gasteiger partial charge in [0.15, 0.2) is 0 Å². The Balaban J connectivity index is 1.90. The molecule has 0 heterocycles. The van der Waals surface area contributed by atoms with Crippen molar-refractivity contribution in [3.8, 4) is 0 Å². The topological polar surface area (TPSA) is 15.3 Å². The maximum atomic E-state index is 3.20. The second kappa shape index (κ2) is 7.24. The van der Waals surface area contributed by atoms with E-state index >= 15 is 0 Å². The molecule has 1 aliphatic rings. The first-order valence-corrected chi connectivity index (χ1v) is 6.23. The molecule has 0 aromatic carbocycles. The minimum atomic E-state index is 1.05. The van der Waals surface area contributed by atoms with Crippen molar-refractivity contribution in [1.29, 1.82) is 0 Å². The average Bonchev–Trinajstić information content (AvgIpc) is 2.99. The van der Waals surface area contributed by atoms with Crippen LogP contribution >= 0.6 is 0 Å². The van der Waals surface area contributed by atoms with Crippen molar-refractivity contribution in [2.24, 2.45) is 5.92 Å². The van der Waals surface area contributed by atoms with Crippen molar-refractivity contribution in [2.75, 3.05) is 33.2 Å². The summed E-state index contributed by atoms with van der Waals surface area (Å²) in [5.74, 6) is 1.05. The van der Waals surface area contributed by atoms with Gasteiger partial charge in [0.05, 0.1) is 0 Å². The summed E-state index contributed by atoms with van der Waals surface area (Å²) in [5.41, 5.74) is 0. The van der Waals surface area contributed by atoms with Crippen LogP contribution in [0.2, 0.25) is 0 Å². The number of hydrogen-bond donors (Lipinski definition) is 1. The van der Waals surface area contributed by atoms with Crippen LogP contribution < -0.4 is 5.32 Å². The monoisotopic (exact) mass is 198 g/mol. The molecule has 2 nitrogen and oxygen atoms in total. The molecule has 0 bridgehead atoms. The molecule has 1 N–H and O–H groups in total. The van der Waals surface area contributed by atoms with Crippen molar-refractivity contribution in [1.82, 2.24) is 10.2 Å². The van der Waals surface area contributed by atoms with Gasteiger partial charge in [0.2, 0.25) is 0 Å². The summed E-state index contributed by atoms with van der Waals surface area (Å²) in [4.78, 5) is 2.62. The van der Waals surface area contributed by atoms with Crippen LogP contribution in [0.15, 0.2) is 0 Å². The van der Waals surface area contributed by atoms with Crippen molar-refractivity contribution < 1.29 is 0 Å². The Labute approximate surface area is 89.1 Å². The Bertz CT molecular complexity index is 132. The fourth-order valence-electron chi connectivity index (χ4n) is 1.86. The Morgan fingerprint density at radius 1 is 1.21 bits per heavy atom. The van der Waals surface area contributed by atoms with Gasteiger partial charge < -0.3 is 10.2 Å². The molecule has 0 radical (unpaired) electrons. The van der Waals surface area contributed by atoms with Crippen molar-refractivity contribution in [2.45, 2.75) is 39.0 Å². The molecule has 0 atom stereocenters. The Kier molecular flexibility index (Phi) is 6.20. The average molecular weight is 198 g/mol. The molecule has 0 spiro atoms.